The molecule has 0 aliphatic rings. The van der Waals surface area contributed by atoms with Crippen molar-refractivity contribution in [2.45, 2.75) is 26.1 Å². The number of ether oxygens (including phenoxy) is 1. The molecule has 6 nitrogen and oxygen atoms in total. The molecule has 1 rings (SSSR count). The van der Waals surface area contributed by atoms with Gasteiger partial charge in [0.15, 0.2) is 6.29 Å². The third-order valence-corrected chi connectivity index (χ3v) is 2.15. The number of hydrogen-bond donors (Lipinski definition) is 3. The average Bonchev–Trinajstić information content (AvgIpc) is 2.40. The molecule has 3 N–H and O–H groups in total. The summed E-state index contributed by atoms with van der Waals surface area (Å²) in [5.74, 6) is -2.25. The summed E-state index contributed by atoms with van der Waals surface area (Å²) < 4.78 is 4.60. The molecular formula is C14H18O6. The molecule has 6 heteroatoms. The molecule has 0 aliphatic carbocycles. The van der Waals surface area contributed by atoms with Crippen LogP contribution < -0.4 is 0 Å². The molecule has 0 saturated carbocycles. The van der Waals surface area contributed by atoms with Crippen LogP contribution in [0.2, 0.25) is 0 Å². The van der Waals surface area contributed by atoms with Gasteiger partial charge in [-0.3, -0.25) is 0 Å². The van der Waals surface area contributed by atoms with Gasteiger partial charge in [-0.1, -0.05) is 26.0 Å². The van der Waals surface area contributed by atoms with E-state index in [-0.39, 0.29) is 11.1 Å². The average molecular weight is 282 g/mol. The Morgan fingerprint density at radius 1 is 1.30 bits per heavy atom. The van der Waals surface area contributed by atoms with E-state index in [2.05, 4.69) is 11.3 Å². The third kappa shape index (κ3) is 7.17. The van der Waals surface area contributed by atoms with E-state index in [0.29, 0.717) is 6.42 Å². The van der Waals surface area contributed by atoms with Gasteiger partial charge in [0.1, 0.15) is 0 Å². The number of carboxylic acid groups (broad SMARTS) is 2. The van der Waals surface area contributed by atoms with Gasteiger partial charge in [-0.05, 0) is 18.2 Å². The lowest BCUT2D eigenvalue weighted by molar-refractivity contribution is -0.0558. The van der Waals surface area contributed by atoms with Crippen molar-refractivity contribution in [3.05, 3.63) is 48.2 Å². The minimum Gasteiger partial charge on any atom is -0.478 e. The van der Waals surface area contributed by atoms with Crippen molar-refractivity contribution in [2.24, 2.45) is 0 Å². The fourth-order valence-electron chi connectivity index (χ4n) is 1.21. The van der Waals surface area contributed by atoms with Crippen LogP contribution in [0.3, 0.4) is 0 Å². The second kappa shape index (κ2) is 9.57. The maximum absolute atomic E-state index is 10.4. The molecule has 1 unspecified atom stereocenters. The van der Waals surface area contributed by atoms with Gasteiger partial charge in [0, 0.05) is 6.42 Å². The van der Waals surface area contributed by atoms with Crippen molar-refractivity contribution >= 4 is 11.9 Å². The summed E-state index contributed by atoms with van der Waals surface area (Å²) in [6, 6.07) is 5.20. The Hall–Kier alpha value is -2.34. The second-order valence-corrected chi connectivity index (χ2v) is 3.74. The molecule has 0 bridgehead atoms. The summed E-state index contributed by atoms with van der Waals surface area (Å²) in [6.45, 7) is 5.28. The van der Waals surface area contributed by atoms with Crippen LogP contribution in [0.25, 0.3) is 0 Å². The number of hydrogen-bond acceptors (Lipinski definition) is 4. The van der Waals surface area contributed by atoms with Crippen LogP contribution in [0.15, 0.2) is 37.1 Å². The first kappa shape index (κ1) is 17.7. The van der Waals surface area contributed by atoms with Gasteiger partial charge in [-0.2, -0.15) is 0 Å². The lowest BCUT2D eigenvalue weighted by atomic mass is 10.1. The quantitative estimate of drug-likeness (QED) is 0.546. The normalized spacial score (nSPS) is 10.7. The summed E-state index contributed by atoms with van der Waals surface area (Å²) >= 11 is 0. The van der Waals surface area contributed by atoms with E-state index in [1.165, 1.54) is 24.5 Å². The SMILES string of the molecule is C=COC(O)CCC.O=C(O)c1cccc(C(=O)O)c1. The minimum absolute atomic E-state index is 0.0186. The molecule has 0 saturated heterocycles. The standard InChI is InChI=1S/C8H6O4.C6H12O2/c9-7(10)5-2-1-3-6(4-5)8(11)12;1-3-5-6(7)8-4-2/h1-4H,(H,9,10)(H,11,12);4,6-7H,2-3,5H2,1H3. The molecule has 0 fully saturated rings. The lowest BCUT2D eigenvalue weighted by Gasteiger charge is -2.06. The molecule has 1 aromatic rings. The van der Waals surface area contributed by atoms with E-state index < -0.39 is 18.2 Å². The zero-order valence-corrected chi connectivity index (χ0v) is 11.2. The van der Waals surface area contributed by atoms with Crippen molar-refractivity contribution in [1.29, 1.82) is 0 Å². The summed E-state index contributed by atoms with van der Waals surface area (Å²) in [4.78, 5) is 20.8. The van der Waals surface area contributed by atoms with Crippen LogP contribution in [0.1, 0.15) is 40.5 Å². The predicted molar refractivity (Wildman–Crippen MR) is 72.6 cm³/mol. The monoisotopic (exact) mass is 282 g/mol. The third-order valence-electron chi connectivity index (χ3n) is 2.15. The molecular weight excluding hydrogens is 264 g/mol. The van der Waals surface area contributed by atoms with Crippen LogP contribution in [-0.2, 0) is 4.74 Å². The number of benzene rings is 1. The van der Waals surface area contributed by atoms with Crippen molar-refractivity contribution in [3.8, 4) is 0 Å². The Morgan fingerprint density at radius 3 is 2.15 bits per heavy atom. The van der Waals surface area contributed by atoms with Crippen LogP contribution in [-0.4, -0.2) is 33.5 Å². The zero-order chi connectivity index (χ0) is 15.5. The maximum Gasteiger partial charge on any atom is 0.335 e. The number of aromatic carboxylic acids is 2. The summed E-state index contributed by atoms with van der Waals surface area (Å²) in [6.07, 6.45) is 2.19. The topological polar surface area (TPSA) is 104 Å². The fraction of sp³-hybridized carbons (Fsp3) is 0.286. The van der Waals surface area contributed by atoms with E-state index in [1.54, 1.807) is 0 Å². The van der Waals surface area contributed by atoms with E-state index in [9.17, 15) is 9.59 Å². The van der Waals surface area contributed by atoms with Gasteiger partial charge < -0.3 is 20.1 Å². The number of aliphatic hydroxyl groups excluding tert-OH is 1. The maximum atomic E-state index is 10.4. The molecule has 0 heterocycles. The van der Waals surface area contributed by atoms with Crippen LogP contribution in [0.4, 0.5) is 0 Å². The van der Waals surface area contributed by atoms with Gasteiger partial charge in [0.05, 0.1) is 17.4 Å². The van der Waals surface area contributed by atoms with Crippen LogP contribution >= 0.6 is 0 Å². The highest BCUT2D eigenvalue weighted by molar-refractivity contribution is 5.93. The summed E-state index contributed by atoms with van der Waals surface area (Å²) in [5, 5.41) is 25.8. The van der Waals surface area contributed by atoms with Crippen LogP contribution in [0, 0.1) is 0 Å². The van der Waals surface area contributed by atoms with Crippen molar-refractivity contribution in [3.63, 3.8) is 0 Å². The molecule has 0 spiro atoms. The number of carboxylic acids is 2. The van der Waals surface area contributed by atoms with Crippen LogP contribution in [0.5, 0.6) is 0 Å². The lowest BCUT2D eigenvalue weighted by Crippen LogP contribution is -2.06. The van der Waals surface area contributed by atoms with Crippen molar-refractivity contribution in [2.75, 3.05) is 0 Å². The first-order valence-corrected chi connectivity index (χ1v) is 5.93. The Kier molecular flexibility index (Phi) is 8.45. The van der Waals surface area contributed by atoms with E-state index in [0.717, 1.165) is 12.5 Å². The Bertz CT molecular complexity index is 425. The van der Waals surface area contributed by atoms with E-state index >= 15 is 0 Å². The molecule has 0 amide bonds. The smallest absolute Gasteiger partial charge is 0.335 e. The molecule has 0 aliphatic heterocycles. The van der Waals surface area contributed by atoms with Gasteiger partial charge in [-0.25, -0.2) is 9.59 Å². The minimum atomic E-state index is -1.13. The molecule has 20 heavy (non-hydrogen) atoms. The predicted octanol–water partition coefficient (Wildman–Crippen LogP) is 2.35. The highest BCUT2D eigenvalue weighted by atomic mass is 16.6. The van der Waals surface area contributed by atoms with Gasteiger partial charge in [0.2, 0.25) is 0 Å². The Labute approximate surface area is 116 Å². The fourth-order valence-corrected chi connectivity index (χ4v) is 1.21. The number of aliphatic hydroxyl groups is 1. The van der Waals surface area contributed by atoms with Crippen molar-refractivity contribution in [1.82, 2.24) is 0 Å². The number of carbonyl (C=O) groups is 2. The Morgan fingerprint density at radius 2 is 1.80 bits per heavy atom. The molecule has 0 aromatic heterocycles. The zero-order valence-electron chi connectivity index (χ0n) is 11.2. The van der Waals surface area contributed by atoms with Gasteiger partial charge in [-0.15, -0.1) is 0 Å². The molecule has 110 valence electrons. The summed E-state index contributed by atoms with van der Waals surface area (Å²) in [5.41, 5.74) is -0.0372. The summed E-state index contributed by atoms with van der Waals surface area (Å²) in [7, 11) is 0. The van der Waals surface area contributed by atoms with E-state index in [1.807, 2.05) is 6.92 Å². The van der Waals surface area contributed by atoms with Crippen molar-refractivity contribution < 1.29 is 29.6 Å². The van der Waals surface area contributed by atoms with E-state index in [4.69, 9.17) is 15.3 Å². The first-order chi connectivity index (χ1) is 9.42. The Balaban J connectivity index is 0.000000396. The first-order valence-electron chi connectivity index (χ1n) is 5.93. The number of rotatable bonds is 6. The molecule has 0 radical (unpaired) electrons. The highest BCUT2D eigenvalue weighted by Crippen LogP contribution is 2.04. The molecule has 1 aromatic carbocycles. The largest absolute Gasteiger partial charge is 0.478 e. The van der Waals surface area contributed by atoms with Gasteiger partial charge >= 0.3 is 11.9 Å². The second-order valence-electron chi connectivity index (χ2n) is 3.74. The van der Waals surface area contributed by atoms with Gasteiger partial charge in [0.25, 0.3) is 0 Å². The molecule has 1 atom stereocenters. The highest BCUT2D eigenvalue weighted by Gasteiger charge is 2.06.